The van der Waals surface area contributed by atoms with Crippen LogP contribution in [-0.4, -0.2) is 50.8 Å². The van der Waals surface area contributed by atoms with Crippen LogP contribution in [0.1, 0.15) is 37.8 Å². The Hall–Kier alpha value is -3.36. The van der Waals surface area contributed by atoms with Crippen molar-refractivity contribution >= 4 is 39.1 Å². The van der Waals surface area contributed by atoms with E-state index in [2.05, 4.69) is 5.32 Å². The third-order valence-corrected chi connectivity index (χ3v) is 8.53. The summed E-state index contributed by atoms with van der Waals surface area (Å²) in [4.78, 5) is 28.4. The first-order chi connectivity index (χ1) is 18.6. The van der Waals surface area contributed by atoms with Gasteiger partial charge < -0.3 is 10.2 Å². The minimum atomic E-state index is -4.11. The second-order valence-corrected chi connectivity index (χ2v) is 11.7. The second kappa shape index (κ2) is 14.1. The number of halogens is 1. The van der Waals surface area contributed by atoms with Gasteiger partial charge in [0.2, 0.25) is 11.8 Å². The van der Waals surface area contributed by atoms with Gasteiger partial charge in [-0.2, -0.15) is 0 Å². The van der Waals surface area contributed by atoms with Gasteiger partial charge in [0.15, 0.2) is 0 Å². The topological polar surface area (TPSA) is 86.8 Å². The summed E-state index contributed by atoms with van der Waals surface area (Å²) in [5.74, 6) is -0.747. The number of carbonyl (C=O) groups excluding carboxylic acids is 2. The average molecular weight is 570 g/mol. The summed E-state index contributed by atoms with van der Waals surface area (Å²) in [6, 6.07) is 21.7. The van der Waals surface area contributed by atoms with E-state index < -0.39 is 28.5 Å². The number of amides is 2. The highest BCUT2D eigenvalue weighted by atomic mass is 35.5. The van der Waals surface area contributed by atoms with Gasteiger partial charge in [0.05, 0.1) is 10.6 Å². The molecule has 39 heavy (non-hydrogen) atoms. The maximum Gasteiger partial charge on any atom is 0.264 e. The van der Waals surface area contributed by atoms with Crippen LogP contribution in [0, 0.1) is 6.92 Å². The third-order valence-electron chi connectivity index (χ3n) is 6.52. The molecule has 9 heteroatoms. The molecule has 3 aromatic rings. The predicted octanol–water partition coefficient (Wildman–Crippen LogP) is 5.22. The molecule has 7 nitrogen and oxygen atoms in total. The van der Waals surface area contributed by atoms with Crippen molar-refractivity contribution in [1.82, 2.24) is 10.2 Å². The first-order valence-corrected chi connectivity index (χ1v) is 14.9. The number of hydrogen-bond donors (Lipinski definition) is 1. The zero-order valence-corrected chi connectivity index (χ0v) is 24.2. The van der Waals surface area contributed by atoms with Gasteiger partial charge in [-0.3, -0.25) is 13.9 Å². The van der Waals surface area contributed by atoms with Crippen molar-refractivity contribution in [3.63, 3.8) is 0 Å². The number of aryl methyl sites for hydroxylation is 1. The minimum Gasteiger partial charge on any atom is -0.354 e. The molecule has 0 aromatic heterocycles. The number of benzene rings is 3. The lowest BCUT2D eigenvalue weighted by Crippen LogP contribution is -2.52. The molecule has 1 atom stereocenters. The Morgan fingerprint density at radius 1 is 0.974 bits per heavy atom. The number of unbranched alkanes of at least 4 members (excludes halogenated alkanes) is 1. The van der Waals surface area contributed by atoms with E-state index in [9.17, 15) is 18.0 Å². The van der Waals surface area contributed by atoms with Crippen molar-refractivity contribution in [3.8, 4) is 0 Å². The summed E-state index contributed by atoms with van der Waals surface area (Å²) < 4.78 is 28.8. The first kappa shape index (κ1) is 30.2. The Morgan fingerprint density at radius 2 is 1.62 bits per heavy atom. The fourth-order valence-electron chi connectivity index (χ4n) is 4.24. The lowest BCUT2D eigenvalue weighted by molar-refractivity contribution is -0.138. The maximum absolute atomic E-state index is 13.9. The summed E-state index contributed by atoms with van der Waals surface area (Å²) >= 11 is 6.15. The highest BCUT2D eigenvalue weighted by Gasteiger charge is 2.32. The Kier molecular flexibility index (Phi) is 10.9. The summed E-state index contributed by atoms with van der Waals surface area (Å²) in [6.45, 7) is 5.75. The molecule has 0 aliphatic heterocycles. The number of nitrogens with zero attached hydrogens (tertiary/aromatic N) is 2. The van der Waals surface area contributed by atoms with Gasteiger partial charge in [-0.25, -0.2) is 8.42 Å². The zero-order valence-electron chi connectivity index (χ0n) is 22.6. The van der Waals surface area contributed by atoms with Crippen LogP contribution in [0.5, 0.6) is 0 Å². The van der Waals surface area contributed by atoms with E-state index in [-0.39, 0.29) is 17.3 Å². The van der Waals surface area contributed by atoms with Crippen molar-refractivity contribution in [2.45, 2.75) is 51.0 Å². The third kappa shape index (κ3) is 8.07. The molecule has 0 radical (unpaired) electrons. The van der Waals surface area contributed by atoms with Gasteiger partial charge in [0.1, 0.15) is 12.6 Å². The molecule has 0 fully saturated rings. The average Bonchev–Trinajstić information content (AvgIpc) is 2.93. The van der Waals surface area contributed by atoms with E-state index >= 15 is 0 Å². The van der Waals surface area contributed by atoms with Gasteiger partial charge in [-0.05, 0) is 68.1 Å². The fraction of sp³-hybridized carbons (Fsp3) is 0.333. The molecule has 0 aliphatic rings. The summed E-state index contributed by atoms with van der Waals surface area (Å²) in [5, 5.41) is 3.35. The lowest BCUT2D eigenvalue weighted by Gasteiger charge is -2.32. The van der Waals surface area contributed by atoms with Crippen LogP contribution in [0.3, 0.4) is 0 Å². The molecular formula is C30H36ClN3O4S. The van der Waals surface area contributed by atoms with Crippen LogP contribution in [-0.2, 0) is 26.0 Å². The highest BCUT2D eigenvalue weighted by molar-refractivity contribution is 7.92. The standard InChI is InChI=1S/C30H36ClN3O4S/c1-4-5-19-32-30(36)24(3)33(20-18-25-12-8-6-9-13-25)29(35)22-34(28-17-16-26(31)21-23(28)2)39(37,38)27-14-10-7-11-15-27/h6-17,21,24H,4-5,18-20,22H2,1-3H3,(H,32,36)/t24-/m1/s1. The van der Waals surface area contributed by atoms with E-state index in [4.69, 9.17) is 11.6 Å². The van der Waals surface area contributed by atoms with Gasteiger partial charge >= 0.3 is 0 Å². The van der Waals surface area contributed by atoms with Gasteiger partial charge in [-0.15, -0.1) is 0 Å². The van der Waals surface area contributed by atoms with Gasteiger partial charge in [-0.1, -0.05) is 73.5 Å². The molecule has 0 heterocycles. The number of sulfonamides is 1. The molecule has 208 valence electrons. The number of carbonyl (C=O) groups is 2. The summed E-state index contributed by atoms with van der Waals surface area (Å²) in [6.07, 6.45) is 2.28. The number of rotatable bonds is 13. The van der Waals surface area contributed by atoms with Crippen molar-refractivity contribution < 1.29 is 18.0 Å². The Morgan fingerprint density at radius 3 is 2.23 bits per heavy atom. The molecule has 1 N–H and O–H groups in total. The van der Waals surface area contributed by atoms with Crippen molar-refractivity contribution in [2.75, 3.05) is 23.9 Å². The molecule has 3 rings (SSSR count). The lowest BCUT2D eigenvalue weighted by atomic mass is 10.1. The van der Waals surface area contributed by atoms with Crippen molar-refractivity contribution in [1.29, 1.82) is 0 Å². The second-order valence-electron chi connectivity index (χ2n) is 9.40. The van der Waals surface area contributed by atoms with Gasteiger partial charge in [0, 0.05) is 18.1 Å². The van der Waals surface area contributed by atoms with Gasteiger partial charge in [0.25, 0.3) is 10.0 Å². The minimum absolute atomic E-state index is 0.0633. The van der Waals surface area contributed by atoms with Crippen molar-refractivity contribution in [2.24, 2.45) is 0 Å². The molecule has 0 unspecified atom stereocenters. The SMILES string of the molecule is CCCCNC(=O)[C@@H](C)N(CCc1ccccc1)C(=O)CN(c1ccc(Cl)cc1C)S(=O)(=O)c1ccccc1. The zero-order chi connectivity index (χ0) is 28.4. The largest absolute Gasteiger partial charge is 0.354 e. The molecule has 0 saturated heterocycles. The monoisotopic (exact) mass is 569 g/mol. The van der Waals surface area contributed by atoms with Crippen LogP contribution >= 0.6 is 11.6 Å². The number of hydrogen-bond acceptors (Lipinski definition) is 4. The van der Waals surface area contributed by atoms with Crippen LogP contribution < -0.4 is 9.62 Å². The Bertz CT molecular complexity index is 1350. The molecule has 0 aliphatic carbocycles. The predicted molar refractivity (Wildman–Crippen MR) is 156 cm³/mol. The quantitative estimate of drug-likeness (QED) is 0.286. The van der Waals surface area contributed by atoms with E-state index in [0.717, 1.165) is 22.7 Å². The van der Waals surface area contributed by atoms with E-state index in [1.807, 2.05) is 37.3 Å². The molecular weight excluding hydrogens is 534 g/mol. The van der Waals surface area contributed by atoms with Crippen molar-refractivity contribution in [3.05, 3.63) is 95.0 Å². The molecule has 0 spiro atoms. The number of anilines is 1. The molecule has 0 bridgehead atoms. The normalized spacial score (nSPS) is 12.0. The molecule has 2 amide bonds. The molecule has 3 aromatic carbocycles. The maximum atomic E-state index is 13.9. The Labute approximate surface area is 236 Å². The Balaban J connectivity index is 1.97. The molecule has 0 saturated carbocycles. The van der Waals surface area contributed by atoms with Crippen LogP contribution in [0.15, 0.2) is 83.8 Å². The van der Waals surface area contributed by atoms with E-state index in [1.165, 1.54) is 17.0 Å². The van der Waals surface area contributed by atoms with E-state index in [1.54, 1.807) is 50.2 Å². The fourth-order valence-corrected chi connectivity index (χ4v) is 5.96. The summed E-state index contributed by atoms with van der Waals surface area (Å²) in [5.41, 5.74) is 1.96. The van der Waals surface area contributed by atoms with Crippen LogP contribution in [0.4, 0.5) is 5.69 Å². The van der Waals surface area contributed by atoms with E-state index in [0.29, 0.717) is 29.2 Å². The smallest absolute Gasteiger partial charge is 0.264 e. The van der Waals surface area contributed by atoms with Crippen LogP contribution in [0.2, 0.25) is 5.02 Å². The number of nitrogens with one attached hydrogen (secondary N) is 1. The van der Waals surface area contributed by atoms with Crippen LogP contribution in [0.25, 0.3) is 0 Å². The highest BCUT2D eigenvalue weighted by Crippen LogP contribution is 2.29. The first-order valence-electron chi connectivity index (χ1n) is 13.1. The summed E-state index contributed by atoms with van der Waals surface area (Å²) in [7, 11) is -4.11.